The zero-order chi connectivity index (χ0) is 18.5. The number of benzene rings is 1. The average molecular weight is 357 g/mol. The van der Waals surface area contributed by atoms with Crippen molar-refractivity contribution in [1.82, 2.24) is 15.3 Å². The maximum absolute atomic E-state index is 12.5. The Morgan fingerprint density at radius 2 is 2.08 bits per heavy atom. The standard InChI is InChI=1S/C20H27N3O3/c1-4-25-17-9-5-6-10-18(17)26-16-11-7-8-14(16)23-20(24)15-12-21-19(22-15)13(2)3/h5-6,9-10,12-14,16H,4,7-8,11H2,1-3H3,(H,21,22)(H,23,24). The summed E-state index contributed by atoms with van der Waals surface area (Å²) in [6.45, 7) is 6.61. The maximum atomic E-state index is 12.5. The molecule has 2 N–H and O–H groups in total. The smallest absolute Gasteiger partial charge is 0.269 e. The summed E-state index contributed by atoms with van der Waals surface area (Å²) in [6, 6.07) is 7.64. The van der Waals surface area contributed by atoms with E-state index >= 15 is 0 Å². The number of para-hydroxylation sites is 2. The number of imidazole rings is 1. The topological polar surface area (TPSA) is 76.2 Å². The van der Waals surface area contributed by atoms with Crippen LogP contribution in [0.2, 0.25) is 0 Å². The Morgan fingerprint density at radius 3 is 2.77 bits per heavy atom. The first-order valence-corrected chi connectivity index (χ1v) is 9.32. The van der Waals surface area contributed by atoms with Gasteiger partial charge in [-0.3, -0.25) is 4.79 Å². The molecule has 1 saturated carbocycles. The number of nitrogens with one attached hydrogen (secondary N) is 2. The molecule has 0 saturated heterocycles. The van der Waals surface area contributed by atoms with E-state index in [0.29, 0.717) is 12.3 Å². The number of hydrogen-bond donors (Lipinski definition) is 2. The van der Waals surface area contributed by atoms with E-state index in [0.717, 1.165) is 36.6 Å². The van der Waals surface area contributed by atoms with E-state index in [1.165, 1.54) is 0 Å². The summed E-state index contributed by atoms with van der Waals surface area (Å²) in [5.41, 5.74) is 0.495. The molecular formula is C20H27N3O3. The van der Waals surface area contributed by atoms with E-state index < -0.39 is 0 Å². The van der Waals surface area contributed by atoms with Gasteiger partial charge in [0.15, 0.2) is 11.5 Å². The Hall–Kier alpha value is -2.50. The number of ether oxygens (including phenoxy) is 2. The first-order valence-electron chi connectivity index (χ1n) is 9.32. The molecule has 1 fully saturated rings. The van der Waals surface area contributed by atoms with Crippen LogP contribution < -0.4 is 14.8 Å². The quantitative estimate of drug-likeness (QED) is 0.793. The molecule has 0 bridgehead atoms. The maximum Gasteiger partial charge on any atom is 0.269 e. The molecule has 1 amide bonds. The van der Waals surface area contributed by atoms with Gasteiger partial charge >= 0.3 is 0 Å². The Bertz CT molecular complexity index is 741. The van der Waals surface area contributed by atoms with Crippen molar-refractivity contribution in [3.8, 4) is 11.5 Å². The van der Waals surface area contributed by atoms with Crippen molar-refractivity contribution in [1.29, 1.82) is 0 Å². The van der Waals surface area contributed by atoms with Crippen LogP contribution in [0.5, 0.6) is 11.5 Å². The molecule has 1 aliphatic rings. The zero-order valence-electron chi connectivity index (χ0n) is 15.6. The Kier molecular flexibility index (Phi) is 5.81. The van der Waals surface area contributed by atoms with Gasteiger partial charge in [0.25, 0.3) is 5.91 Å². The first kappa shape index (κ1) is 18.3. The lowest BCUT2D eigenvalue weighted by Gasteiger charge is -2.23. The third-order valence-electron chi connectivity index (χ3n) is 4.58. The Balaban J connectivity index is 1.65. The molecule has 140 valence electrons. The SMILES string of the molecule is CCOc1ccccc1OC1CCCC1NC(=O)c1cnc(C(C)C)[nH]1. The van der Waals surface area contributed by atoms with Gasteiger partial charge in [0.05, 0.1) is 18.8 Å². The molecule has 2 atom stereocenters. The highest BCUT2D eigenvalue weighted by molar-refractivity contribution is 5.92. The van der Waals surface area contributed by atoms with Crippen molar-refractivity contribution in [3.63, 3.8) is 0 Å². The first-order chi connectivity index (χ1) is 12.6. The van der Waals surface area contributed by atoms with Crippen molar-refractivity contribution in [2.45, 2.75) is 58.1 Å². The molecule has 2 aromatic rings. The van der Waals surface area contributed by atoms with Gasteiger partial charge < -0.3 is 19.8 Å². The highest BCUT2D eigenvalue weighted by atomic mass is 16.5. The predicted molar refractivity (Wildman–Crippen MR) is 99.8 cm³/mol. The number of H-pyrrole nitrogens is 1. The lowest BCUT2D eigenvalue weighted by molar-refractivity contribution is 0.0887. The largest absolute Gasteiger partial charge is 0.490 e. The lowest BCUT2D eigenvalue weighted by Crippen LogP contribution is -2.42. The predicted octanol–water partition coefficient (Wildman–Crippen LogP) is 3.66. The van der Waals surface area contributed by atoms with Gasteiger partial charge in [-0.1, -0.05) is 26.0 Å². The normalized spacial score (nSPS) is 19.5. The van der Waals surface area contributed by atoms with Crippen LogP contribution in [-0.4, -0.2) is 34.6 Å². The van der Waals surface area contributed by atoms with Crippen molar-refractivity contribution in [2.75, 3.05) is 6.61 Å². The van der Waals surface area contributed by atoms with E-state index in [9.17, 15) is 4.79 Å². The number of nitrogens with zero attached hydrogens (tertiary/aromatic N) is 1. The van der Waals surface area contributed by atoms with Gasteiger partial charge in [-0.25, -0.2) is 4.98 Å². The number of carbonyl (C=O) groups excluding carboxylic acids is 1. The second-order valence-corrected chi connectivity index (χ2v) is 6.88. The van der Waals surface area contributed by atoms with Crippen molar-refractivity contribution < 1.29 is 14.3 Å². The van der Waals surface area contributed by atoms with Gasteiger partial charge in [0, 0.05) is 5.92 Å². The summed E-state index contributed by atoms with van der Waals surface area (Å²) in [5.74, 6) is 2.41. The van der Waals surface area contributed by atoms with Crippen LogP contribution in [0.25, 0.3) is 0 Å². The third kappa shape index (κ3) is 4.18. The van der Waals surface area contributed by atoms with Crippen LogP contribution in [0.4, 0.5) is 0 Å². The fourth-order valence-electron chi connectivity index (χ4n) is 3.21. The van der Waals surface area contributed by atoms with Crippen molar-refractivity contribution in [2.24, 2.45) is 0 Å². The molecule has 1 aliphatic carbocycles. The van der Waals surface area contributed by atoms with Crippen LogP contribution in [0.1, 0.15) is 62.3 Å². The molecule has 1 heterocycles. The molecule has 26 heavy (non-hydrogen) atoms. The number of rotatable bonds is 7. The van der Waals surface area contributed by atoms with Crippen molar-refractivity contribution >= 4 is 5.91 Å². The van der Waals surface area contributed by atoms with E-state index in [1.807, 2.05) is 45.0 Å². The van der Waals surface area contributed by atoms with Crippen LogP contribution in [-0.2, 0) is 0 Å². The minimum atomic E-state index is -0.136. The van der Waals surface area contributed by atoms with Crippen LogP contribution >= 0.6 is 0 Å². The summed E-state index contributed by atoms with van der Waals surface area (Å²) >= 11 is 0. The van der Waals surface area contributed by atoms with Gasteiger partial charge in [0.2, 0.25) is 0 Å². The molecule has 1 aromatic heterocycles. The fourth-order valence-corrected chi connectivity index (χ4v) is 3.21. The van der Waals surface area contributed by atoms with Gasteiger partial charge in [0.1, 0.15) is 17.6 Å². The van der Waals surface area contributed by atoms with E-state index in [2.05, 4.69) is 15.3 Å². The molecule has 0 spiro atoms. The number of aromatic amines is 1. The third-order valence-corrected chi connectivity index (χ3v) is 4.58. The number of amides is 1. The Labute approximate surface area is 154 Å². The minimum absolute atomic E-state index is 0.0250. The molecule has 1 aromatic carbocycles. The summed E-state index contributed by atoms with van der Waals surface area (Å²) in [4.78, 5) is 19.9. The minimum Gasteiger partial charge on any atom is -0.490 e. The van der Waals surface area contributed by atoms with Gasteiger partial charge in [-0.05, 0) is 38.3 Å². The molecule has 6 heteroatoms. The second kappa shape index (κ2) is 8.25. The van der Waals surface area contributed by atoms with Crippen LogP contribution in [0.3, 0.4) is 0 Å². The molecule has 2 unspecified atom stereocenters. The Morgan fingerprint density at radius 1 is 1.31 bits per heavy atom. The lowest BCUT2D eigenvalue weighted by atomic mass is 10.2. The van der Waals surface area contributed by atoms with Gasteiger partial charge in [-0.15, -0.1) is 0 Å². The second-order valence-electron chi connectivity index (χ2n) is 6.88. The molecule has 0 aliphatic heterocycles. The molecule has 3 rings (SSSR count). The van der Waals surface area contributed by atoms with Gasteiger partial charge in [-0.2, -0.15) is 0 Å². The molecule has 6 nitrogen and oxygen atoms in total. The number of aromatic nitrogens is 2. The van der Waals surface area contributed by atoms with E-state index in [4.69, 9.17) is 9.47 Å². The molecular weight excluding hydrogens is 330 g/mol. The van der Waals surface area contributed by atoms with E-state index in [-0.39, 0.29) is 24.0 Å². The number of hydrogen-bond acceptors (Lipinski definition) is 4. The zero-order valence-corrected chi connectivity index (χ0v) is 15.6. The monoisotopic (exact) mass is 357 g/mol. The van der Waals surface area contributed by atoms with Crippen LogP contribution in [0, 0.1) is 0 Å². The summed E-state index contributed by atoms with van der Waals surface area (Å²) in [5, 5.41) is 3.09. The van der Waals surface area contributed by atoms with E-state index in [1.54, 1.807) is 6.20 Å². The highest BCUT2D eigenvalue weighted by Gasteiger charge is 2.31. The number of carbonyl (C=O) groups is 1. The van der Waals surface area contributed by atoms with Crippen molar-refractivity contribution in [3.05, 3.63) is 42.0 Å². The summed E-state index contributed by atoms with van der Waals surface area (Å²) < 4.78 is 11.8. The highest BCUT2D eigenvalue weighted by Crippen LogP contribution is 2.31. The summed E-state index contributed by atoms with van der Waals surface area (Å²) in [6.07, 6.45) is 4.37. The van der Waals surface area contributed by atoms with Crippen LogP contribution in [0.15, 0.2) is 30.5 Å². The fraction of sp³-hybridized carbons (Fsp3) is 0.500. The molecule has 0 radical (unpaired) electrons. The summed E-state index contributed by atoms with van der Waals surface area (Å²) in [7, 11) is 0. The average Bonchev–Trinajstić information content (AvgIpc) is 3.27.